The van der Waals surface area contributed by atoms with Gasteiger partial charge in [-0.15, -0.1) is 0 Å². The first-order valence-electron chi connectivity index (χ1n) is 7.41. The molecular formula is C18H20N2O. The Kier molecular flexibility index (Phi) is 4.02. The topological polar surface area (TPSA) is 38.1 Å². The Bertz CT molecular complexity index is 718. The van der Waals surface area contributed by atoms with E-state index in [2.05, 4.69) is 48.4 Å². The van der Waals surface area contributed by atoms with Crippen LogP contribution in [0.15, 0.2) is 53.2 Å². The smallest absolute Gasteiger partial charge is 0.134 e. The minimum atomic E-state index is 0.0476. The number of furan rings is 1. The van der Waals surface area contributed by atoms with E-state index >= 15 is 0 Å². The van der Waals surface area contributed by atoms with Crippen LogP contribution < -0.4 is 5.32 Å². The fourth-order valence-corrected chi connectivity index (χ4v) is 2.54. The predicted octanol–water partition coefficient (Wildman–Crippen LogP) is 4.23. The van der Waals surface area contributed by atoms with Gasteiger partial charge < -0.3 is 9.73 Å². The number of hydrogen-bond donors (Lipinski definition) is 1. The lowest BCUT2D eigenvalue weighted by molar-refractivity contribution is 0.469. The molecule has 0 saturated heterocycles. The Hall–Kier alpha value is -2.13. The first-order valence-corrected chi connectivity index (χ1v) is 7.41. The number of fused-ring (bicyclic) bond motifs is 1. The van der Waals surface area contributed by atoms with E-state index < -0.39 is 0 Å². The van der Waals surface area contributed by atoms with E-state index in [4.69, 9.17) is 4.42 Å². The largest absolute Gasteiger partial charge is 0.459 e. The van der Waals surface area contributed by atoms with Crippen LogP contribution >= 0.6 is 0 Å². The molecule has 1 aromatic carbocycles. The summed E-state index contributed by atoms with van der Waals surface area (Å²) in [5.41, 5.74) is 3.30. The Labute approximate surface area is 125 Å². The van der Waals surface area contributed by atoms with Gasteiger partial charge in [-0.05, 0) is 49.7 Å². The second kappa shape index (κ2) is 6.10. The highest BCUT2D eigenvalue weighted by Crippen LogP contribution is 2.28. The molecule has 0 amide bonds. The van der Waals surface area contributed by atoms with Gasteiger partial charge in [0.15, 0.2) is 0 Å². The van der Waals surface area contributed by atoms with Crippen LogP contribution in [-0.2, 0) is 0 Å². The van der Waals surface area contributed by atoms with E-state index in [1.54, 1.807) is 6.20 Å². The summed E-state index contributed by atoms with van der Waals surface area (Å²) in [4.78, 5) is 4.23. The van der Waals surface area contributed by atoms with Gasteiger partial charge in [0.2, 0.25) is 0 Å². The lowest BCUT2D eigenvalue weighted by atomic mass is 10.1. The van der Waals surface area contributed by atoms with Gasteiger partial charge >= 0.3 is 0 Å². The van der Waals surface area contributed by atoms with Gasteiger partial charge in [-0.3, -0.25) is 4.98 Å². The van der Waals surface area contributed by atoms with E-state index in [0.29, 0.717) is 0 Å². The molecule has 21 heavy (non-hydrogen) atoms. The lowest BCUT2D eigenvalue weighted by Gasteiger charge is -2.16. The molecule has 1 unspecified atom stereocenters. The molecule has 2 aromatic heterocycles. The Morgan fingerprint density at radius 3 is 2.90 bits per heavy atom. The summed E-state index contributed by atoms with van der Waals surface area (Å²) in [6.07, 6.45) is 4.77. The van der Waals surface area contributed by atoms with E-state index in [9.17, 15) is 0 Å². The third-order valence-corrected chi connectivity index (χ3v) is 3.59. The first-order chi connectivity index (χ1) is 10.3. The van der Waals surface area contributed by atoms with Crippen molar-refractivity contribution < 1.29 is 4.42 Å². The van der Waals surface area contributed by atoms with Gasteiger partial charge in [0.1, 0.15) is 11.3 Å². The van der Waals surface area contributed by atoms with Gasteiger partial charge in [0.05, 0.1) is 6.04 Å². The normalized spacial score (nSPS) is 12.7. The second-order valence-electron chi connectivity index (χ2n) is 5.36. The highest BCUT2D eigenvalue weighted by Gasteiger charge is 2.18. The van der Waals surface area contributed by atoms with Crippen LogP contribution in [0.1, 0.15) is 36.3 Å². The van der Waals surface area contributed by atoms with Gasteiger partial charge in [-0.2, -0.15) is 0 Å². The molecule has 108 valence electrons. The summed E-state index contributed by atoms with van der Waals surface area (Å²) in [6.45, 7) is 5.20. The fraction of sp³-hybridized carbons (Fsp3) is 0.278. The maximum Gasteiger partial charge on any atom is 0.134 e. The minimum Gasteiger partial charge on any atom is -0.459 e. The van der Waals surface area contributed by atoms with Crippen LogP contribution in [0.2, 0.25) is 0 Å². The van der Waals surface area contributed by atoms with Crippen molar-refractivity contribution in [3.05, 3.63) is 65.7 Å². The zero-order valence-corrected chi connectivity index (χ0v) is 12.5. The number of benzene rings is 1. The molecule has 3 rings (SSSR count). The molecule has 0 spiro atoms. The molecule has 3 heteroatoms. The highest BCUT2D eigenvalue weighted by molar-refractivity contribution is 5.78. The lowest BCUT2D eigenvalue weighted by Crippen LogP contribution is -2.22. The molecule has 0 fully saturated rings. The molecule has 3 nitrogen and oxygen atoms in total. The Morgan fingerprint density at radius 1 is 1.24 bits per heavy atom. The maximum atomic E-state index is 6.05. The van der Waals surface area contributed by atoms with Crippen LogP contribution in [0.25, 0.3) is 11.0 Å². The van der Waals surface area contributed by atoms with E-state index in [1.165, 1.54) is 5.56 Å². The summed E-state index contributed by atoms with van der Waals surface area (Å²) >= 11 is 0. The summed E-state index contributed by atoms with van der Waals surface area (Å²) < 4.78 is 6.05. The minimum absolute atomic E-state index is 0.0476. The maximum absolute atomic E-state index is 6.05. The predicted molar refractivity (Wildman–Crippen MR) is 85.3 cm³/mol. The van der Waals surface area contributed by atoms with Crippen molar-refractivity contribution in [2.75, 3.05) is 6.54 Å². The monoisotopic (exact) mass is 280 g/mol. The third kappa shape index (κ3) is 2.98. The zero-order valence-electron chi connectivity index (χ0n) is 12.5. The number of pyridine rings is 1. The van der Waals surface area contributed by atoms with Crippen molar-refractivity contribution in [3.8, 4) is 0 Å². The summed E-state index contributed by atoms with van der Waals surface area (Å²) in [7, 11) is 0. The molecule has 0 radical (unpaired) electrons. The first kappa shape index (κ1) is 13.8. The van der Waals surface area contributed by atoms with Crippen molar-refractivity contribution in [1.82, 2.24) is 10.3 Å². The van der Waals surface area contributed by atoms with Crippen molar-refractivity contribution in [3.63, 3.8) is 0 Å². The van der Waals surface area contributed by atoms with Crippen LogP contribution in [0, 0.1) is 6.92 Å². The average Bonchev–Trinajstić information content (AvgIpc) is 2.91. The van der Waals surface area contributed by atoms with Gasteiger partial charge in [0, 0.05) is 17.8 Å². The number of rotatable bonds is 5. The SMILES string of the molecule is CCCNC(c1cccnc1)c1cc2cc(C)ccc2o1. The molecule has 1 atom stereocenters. The molecule has 0 aliphatic carbocycles. The van der Waals surface area contributed by atoms with Crippen LogP contribution in [0.3, 0.4) is 0 Å². The van der Waals surface area contributed by atoms with Crippen molar-refractivity contribution >= 4 is 11.0 Å². The molecular weight excluding hydrogens is 260 g/mol. The summed E-state index contributed by atoms with van der Waals surface area (Å²) in [6, 6.07) is 12.5. The summed E-state index contributed by atoms with van der Waals surface area (Å²) in [5.74, 6) is 0.942. The van der Waals surface area contributed by atoms with Gasteiger partial charge in [0.25, 0.3) is 0 Å². The van der Waals surface area contributed by atoms with Crippen LogP contribution in [-0.4, -0.2) is 11.5 Å². The van der Waals surface area contributed by atoms with Crippen molar-refractivity contribution in [2.45, 2.75) is 26.3 Å². The Balaban J connectivity index is 2.01. The van der Waals surface area contributed by atoms with Gasteiger partial charge in [-0.1, -0.05) is 24.6 Å². The highest BCUT2D eigenvalue weighted by atomic mass is 16.3. The third-order valence-electron chi connectivity index (χ3n) is 3.59. The molecule has 0 saturated carbocycles. The molecule has 1 N–H and O–H groups in total. The molecule has 0 bridgehead atoms. The van der Waals surface area contributed by atoms with Crippen LogP contribution in [0.4, 0.5) is 0 Å². The second-order valence-corrected chi connectivity index (χ2v) is 5.36. The number of nitrogens with one attached hydrogen (secondary N) is 1. The zero-order chi connectivity index (χ0) is 14.7. The molecule has 0 aliphatic rings. The van der Waals surface area contributed by atoms with E-state index in [-0.39, 0.29) is 6.04 Å². The van der Waals surface area contributed by atoms with Crippen molar-refractivity contribution in [1.29, 1.82) is 0 Å². The fourth-order valence-electron chi connectivity index (χ4n) is 2.54. The van der Waals surface area contributed by atoms with Gasteiger partial charge in [-0.25, -0.2) is 0 Å². The van der Waals surface area contributed by atoms with Crippen molar-refractivity contribution in [2.24, 2.45) is 0 Å². The molecule has 2 heterocycles. The standard InChI is InChI=1S/C18H20N2O/c1-3-8-20-18(14-5-4-9-19-12-14)17-11-15-10-13(2)6-7-16(15)21-17/h4-7,9-12,18,20H,3,8H2,1-2H3. The average molecular weight is 280 g/mol. The number of aryl methyl sites for hydroxylation is 1. The van der Waals surface area contributed by atoms with E-state index in [1.807, 2.05) is 18.3 Å². The summed E-state index contributed by atoms with van der Waals surface area (Å²) in [5, 5.41) is 4.69. The van der Waals surface area contributed by atoms with Crippen LogP contribution in [0.5, 0.6) is 0 Å². The Morgan fingerprint density at radius 2 is 2.14 bits per heavy atom. The number of aromatic nitrogens is 1. The van der Waals surface area contributed by atoms with E-state index in [0.717, 1.165) is 35.3 Å². The quantitative estimate of drug-likeness (QED) is 0.760. The number of nitrogens with zero attached hydrogens (tertiary/aromatic N) is 1. The molecule has 3 aromatic rings. The number of hydrogen-bond acceptors (Lipinski definition) is 3. The molecule has 0 aliphatic heterocycles.